The number of nitrogens with one attached hydrogen (secondary N) is 1. The predicted molar refractivity (Wildman–Crippen MR) is 60.4 cm³/mol. The van der Waals surface area contributed by atoms with Crippen molar-refractivity contribution in [2.24, 2.45) is 0 Å². The number of aromatic nitrogens is 1. The molecule has 14 heavy (non-hydrogen) atoms. The molecule has 2 heterocycles. The molecular weight excluding hydrogens is 264 g/mol. The van der Waals surface area contributed by atoms with Gasteiger partial charge in [0, 0.05) is 11.4 Å². The van der Waals surface area contributed by atoms with Gasteiger partial charge in [-0.25, -0.2) is 4.98 Å². The van der Waals surface area contributed by atoms with Crippen LogP contribution in [0.15, 0.2) is 9.98 Å². The number of aliphatic hydroxyl groups excluding tert-OH is 1. The van der Waals surface area contributed by atoms with E-state index in [1.54, 1.807) is 0 Å². The number of hydrogen-bond acceptors (Lipinski definition) is 4. The highest BCUT2D eigenvalue weighted by Gasteiger charge is 2.24. The Hall–Kier alpha value is 0.0300. The van der Waals surface area contributed by atoms with Crippen LogP contribution in [0.5, 0.6) is 0 Å². The lowest BCUT2D eigenvalue weighted by Crippen LogP contribution is -2.38. The number of piperidine rings is 1. The van der Waals surface area contributed by atoms with Gasteiger partial charge in [-0.2, -0.15) is 0 Å². The third-order valence-electron chi connectivity index (χ3n) is 2.48. The Morgan fingerprint density at radius 3 is 3.07 bits per heavy atom. The summed E-state index contributed by atoms with van der Waals surface area (Å²) in [7, 11) is 0. The van der Waals surface area contributed by atoms with Crippen LogP contribution in [-0.4, -0.2) is 22.7 Å². The fourth-order valence-electron chi connectivity index (χ4n) is 1.72. The Balaban J connectivity index is 2.03. The third-order valence-corrected chi connectivity index (χ3v) is 4.10. The maximum absolute atomic E-state index is 10.0. The standard InChI is InChI=1S/C9H13BrN2OS/c10-7-5-14-9(12-7)8(13)6-3-1-2-4-11-6/h5-6,8,11,13H,1-4H2. The van der Waals surface area contributed by atoms with Crippen molar-refractivity contribution < 1.29 is 5.11 Å². The van der Waals surface area contributed by atoms with Crippen molar-refractivity contribution in [3.63, 3.8) is 0 Å². The van der Waals surface area contributed by atoms with Crippen molar-refractivity contribution in [2.45, 2.75) is 31.4 Å². The predicted octanol–water partition coefficient (Wildman–Crippen LogP) is 2.08. The van der Waals surface area contributed by atoms with Crippen molar-refractivity contribution in [3.05, 3.63) is 15.0 Å². The number of thiazole rings is 1. The summed E-state index contributed by atoms with van der Waals surface area (Å²) < 4.78 is 0.812. The van der Waals surface area contributed by atoms with Gasteiger partial charge in [-0.3, -0.25) is 0 Å². The maximum Gasteiger partial charge on any atom is 0.124 e. The van der Waals surface area contributed by atoms with Crippen LogP contribution in [0.2, 0.25) is 0 Å². The summed E-state index contributed by atoms with van der Waals surface area (Å²) in [5.41, 5.74) is 0. The summed E-state index contributed by atoms with van der Waals surface area (Å²) in [6, 6.07) is 0.182. The van der Waals surface area contributed by atoms with E-state index in [-0.39, 0.29) is 6.04 Å². The smallest absolute Gasteiger partial charge is 0.124 e. The molecule has 1 saturated heterocycles. The molecule has 2 atom stereocenters. The van der Waals surface area contributed by atoms with Crippen molar-refractivity contribution in [3.8, 4) is 0 Å². The van der Waals surface area contributed by atoms with Crippen molar-refractivity contribution in [1.29, 1.82) is 0 Å². The molecule has 1 fully saturated rings. The molecule has 1 aliphatic heterocycles. The molecule has 0 bridgehead atoms. The fourth-order valence-corrected chi connectivity index (χ4v) is 3.04. The van der Waals surface area contributed by atoms with E-state index in [0.29, 0.717) is 0 Å². The van der Waals surface area contributed by atoms with Gasteiger partial charge in [-0.05, 0) is 35.3 Å². The second kappa shape index (κ2) is 4.70. The Kier molecular flexibility index (Phi) is 3.54. The summed E-state index contributed by atoms with van der Waals surface area (Å²) in [5.74, 6) is 0. The molecule has 0 aliphatic carbocycles. The van der Waals surface area contributed by atoms with Crippen molar-refractivity contribution in [1.82, 2.24) is 10.3 Å². The molecule has 2 N–H and O–H groups in total. The lowest BCUT2D eigenvalue weighted by atomic mass is 10.0. The van der Waals surface area contributed by atoms with Gasteiger partial charge in [-0.1, -0.05) is 6.42 Å². The quantitative estimate of drug-likeness (QED) is 0.870. The number of rotatable bonds is 2. The largest absolute Gasteiger partial charge is 0.384 e. The van der Waals surface area contributed by atoms with Crippen LogP contribution in [0.25, 0.3) is 0 Å². The molecule has 0 saturated carbocycles. The number of hydrogen-bond donors (Lipinski definition) is 2. The minimum absolute atomic E-state index is 0.182. The van der Waals surface area contributed by atoms with E-state index in [0.717, 1.165) is 22.6 Å². The molecule has 0 amide bonds. The van der Waals surface area contributed by atoms with Crippen molar-refractivity contribution in [2.75, 3.05) is 6.54 Å². The normalized spacial score (nSPS) is 24.9. The molecule has 3 nitrogen and oxygen atoms in total. The molecule has 2 rings (SSSR count). The van der Waals surface area contributed by atoms with Gasteiger partial charge in [0.25, 0.3) is 0 Å². The summed E-state index contributed by atoms with van der Waals surface area (Å²) >= 11 is 4.80. The summed E-state index contributed by atoms with van der Waals surface area (Å²) in [5, 5.41) is 16.1. The third kappa shape index (κ3) is 2.34. The summed E-state index contributed by atoms with van der Waals surface area (Å²) in [4.78, 5) is 4.23. The molecule has 0 radical (unpaired) electrons. The highest BCUT2D eigenvalue weighted by atomic mass is 79.9. The van der Waals surface area contributed by atoms with Crippen molar-refractivity contribution >= 4 is 27.3 Å². The van der Waals surface area contributed by atoms with Gasteiger partial charge >= 0.3 is 0 Å². The van der Waals surface area contributed by atoms with Crippen LogP contribution in [0.1, 0.15) is 30.4 Å². The maximum atomic E-state index is 10.0. The summed E-state index contributed by atoms with van der Waals surface area (Å²) in [6.45, 7) is 1.01. The number of nitrogens with zero attached hydrogens (tertiary/aromatic N) is 1. The van der Waals surface area contributed by atoms with Gasteiger partial charge in [0.2, 0.25) is 0 Å². The van der Waals surface area contributed by atoms with Crippen LogP contribution in [0.3, 0.4) is 0 Å². The minimum Gasteiger partial charge on any atom is -0.384 e. The fraction of sp³-hybridized carbons (Fsp3) is 0.667. The van der Waals surface area contributed by atoms with E-state index in [1.165, 1.54) is 24.2 Å². The van der Waals surface area contributed by atoms with Crippen LogP contribution in [0, 0.1) is 0 Å². The lowest BCUT2D eigenvalue weighted by molar-refractivity contribution is 0.113. The highest BCUT2D eigenvalue weighted by molar-refractivity contribution is 9.10. The molecule has 1 aromatic heterocycles. The molecular formula is C9H13BrN2OS. The van der Waals surface area contributed by atoms with Crippen LogP contribution in [-0.2, 0) is 0 Å². The first-order valence-corrected chi connectivity index (χ1v) is 6.47. The highest BCUT2D eigenvalue weighted by Crippen LogP contribution is 2.26. The molecule has 0 aromatic carbocycles. The Morgan fingerprint density at radius 2 is 2.50 bits per heavy atom. The molecule has 78 valence electrons. The van der Waals surface area contributed by atoms with Gasteiger partial charge < -0.3 is 10.4 Å². The number of halogens is 1. The monoisotopic (exact) mass is 276 g/mol. The van der Waals surface area contributed by atoms with E-state index in [1.807, 2.05) is 5.38 Å². The van der Waals surface area contributed by atoms with E-state index in [9.17, 15) is 5.11 Å². The molecule has 5 heteroatoms. The molecule has 2 unspecified atom stereocenters. The topological polar surface area (TPSA) is 45.2 Å². The average Bonchev–Trinajstić information content (AvgIpc) is 2.65. The van der Waals surface area contributed by atoms with Crippen LogP contribution in [0.4, 0.5) is 0 Å². The first kappa shape index (κ1) is 10.5. The van der Waals surface area contributed by atoms with Gasteiger partial charge in [0.05, 0.1) is 0 Å². The zero-order valence-electron chi connectivity index (χ0n) is 7.74. The second-order valence-corrected chi connectivity index (χ2v) is 5.21. The van der Waals surface area contributed by atoms with E-state index < -0.39 is 6.10 Å². The van der Waals surface area contributed by atoms with E-state index >= 15 is 0 Å². The molecule has 0 spiro atoms. The molecule has 1 aromatic rings. The van der Waals surface area contributed by atoms with Crippen LogP contribution >= 0.6 is 27.3 Å². The first-order valence-electron chi connectivity index (χ1n) is 4.80. The SMILES string of the molecule is OC(c1nc(Br)cs1)C1CCCCN1. The zero-order valence-corrected chi connectivity index (χ0v) is 10.1. The summed E-state index contributed by atoms with van der Waals surface area (Å²) in [6.07, 6.45) is 3.00. The Morgan fingerprint density at radius 1 is 1.64 bits per heavy atom. The number of aliphatic hydroxyl groups is 1. The van der Waals surface area contributed by atoms with Gasteiger partial charge in [0.15, 0.2) is 0 Å². The Labute approximate surface area is 95.7 Å². The lowest BCUT2D eigenvalue weighted by Gasteiger charge is -2.26. The first-order chi connectivity index (χ1) is 6.77. The second-order valence-electron chi connectivity index (χ2n) is 3.51. The molecule has 1 aliphatic rings. The van der Waals surface area contributed by atoms with Gasteiger partial charge in [-0.15, -0.1) is 11.3 Å². The van der Waals surface area contributed by atoms with Crippen LogP contribution < -0.4 is 5.32 Å². The Bertz CT molecular complexity index is 299. The van der Waals surface area contributed by atoms with E-state index in [2.05, 4.69) is 26.2 Å². The van der Waals surface area contributed by atoms with E-state index in [4.69, 9.17) is 0 Å². The minimum atomic E-state index is -0.452. The van der Waals surface area contributed by atoms with Gasteiger partial charge in [0.1, 0.15) is 15.7 Å². The zero-order chi connectivity index (χ0) is 9.97. The average molecular weight is 277 g/mol.